The van der Waals surface area contributed by atoms with Crippen LogP contribution in [0.15, 0.2) is 73.5 Å². The summed E-state index contributed by atoms with van der Waals surface area (Å²) in [6, 6.07) is 11.5. The highest BCUT2D eigenvalue weighted by atomic mass is 16.5. The number of ether oxygens (including phenoxy) is 2. The number of nitrogens with one attached hydrogen (secondary N) is 1. The zero-order valence-corrected chi connectivity index (χ0v) is 24.8. The van der Waals surface area contributed by atoms with Gasteiger partial charge in [-0.05, 0) is 50.8 Å². The van der Waals surface area contributed by atoms with Gasteiger partial charge in [-0.25, -0.2) is 19.9 Å². The molecule has 1 aromatic carbocycles. The van der Waals surface area contributed by atoms with Crippen molar-refractivity contribution in [1.29, 1.82) is 0 Å². The molecule has 224 valence electrons. The zero-order valence-electron chi connectivity index (χ0n) is 24.8. The van der Waals surface area contributed by atoms with Gasteiger partial charge in [0.2, 0.25) is 5.91 Å². The van der Waals surface area contributed by atoms with Gasteiger partial charge in [0.25, 0.3) is 0 Å². The van der Waals surface area contributed by atoms with E-state index in [2.05, 4.69) is 25.2 Å². The van der Waals surface area contributed by atoms with Crippen molar-refractivity contribution in [3.05, 3.63) is 79.0 Å². The number of likely N-dealkylation sites (N-methyl/N-ethyl adjacent to an activating group) is 1. The summed E-state index contributed by atoms with van der Waals surface area (Å²) in [5.74, 6) is 3.47. The van der Waals surface area contributed by atoms with Crippen LogP contribution in [0.2, 0.25) is 0 Å². The lowest BCUT2D eigenvalue weighted by atomic mass is 10.1. The molecule has 2 aliphatic rings. The molecule has 0 aliphatic carbocycles. The monoisotopic (exact) mass is 591 g/mol. The SMILES string of the molecule is Cc1cc(Nc2ncnc3cc4c(nc23)N2CCN(C(=O)/C=C/CN(C)C)[C@@H](CO4)C2)ccc1Oc1ccn2ccnc2c1. The topological polar surface area (TPSA) is 113 Å². The van der Waals surface area contributed by atoms with Gasteiger partial charge in [0.15, 0.2) is 17.4 Å². The molecule has 6 heterocycles. The Morgan fingerprint density at radius 3 is 2.91 bits per heavy atom. The first-order valence-electron chi connectivity index (χ1n) is 14.5. The maximum Gasteiger partial charge on any atom is 0.246 e. The number of carbonyl (C=O) groups is 1. The molecule has 1 atom stereocenters. The van der Waals surface area contributed by atoms with Crippen molar-refractivity contribution >= 4 is 39.9 Å². The molecule has 2 aliphatic heterocycles. The van der Waals surface area contributed by atoms with Crippen LogP contribution >= 0.6 is 0 Å². The maximum atomic E-state index is 12.9. The Morgan fingerprint density at radius 1 is 1.14 bits per heavy atom. The lowest BCUT2D eigenvalue weighted by Gasteiger charge is -2.39. The summed E-state index contributed by atoms with van der Waals surface area (Å²) in [6.45, 7) is 5.00. The number of amides is 1. The molecule has 0 spiro atoms. The van der Waals surface area contributed by atoms with E-state index in [-0.39, 0.29) is 11.9 Å². The van der Waals surface area contributed by atoms with Crippen LogP contribution in [0.4, 0.5) is 17.3 Å². The first kappa shape index (κ1) is 27.6. The number of anilines is 3. The van der Waals surface area contributed by atoms with E-state index in [0.29, 0.717) is 55.4 Å². The van der Waals surface area contributed by atoms with Crippen LogP contribution < -0.4 is 19.7 Å². The van der Waals surface area contributed by atoms with Crippen LogP contribution in [0.3, 0.4) is 0 Å². The molecule has 4 aromatic heterocycles. The first-order valence-corrected chi connectivity index (χ1v) is 14.5. The third-order valence-corrected chi connectivity index (χ3v) is 7.82. The Bertz CT molecular complexity index is 1890. The summed E-state index contributed by atoms with van der Waals surface area (Å²) in [4.78, 5) is 37.4. The third kappa shape index (κ3) is 5.47. The molecule has 0 saturated carbocycles. The van der Waals surface area contributed by atoms with E-state index < -0.39 is 0 Å². The second kappa shape index (κ2) is 11.5. The molecule has 7 rings (SSSR count). The van der Waals surface area contributed by atoms with Gasteiger partial charge in [0.1, 0.15) is 35.6 Å². The number of rotatable bonds is 7. The van der Waals surface area contributed by atoms with Crippen LogP contribution in [0.5, 0.6) is 17.2 Å². The number of carbonyl (C=O) groups excluding carboxylic acids is 1. The molecular formula is C32H33N9O3. The highest BCUT2D eigenvalue weighted by molar-refractivity contribution is 5.90. The number of piperazine rings is 1. The fourth-order valence-corrected chi connectivity index (χ4v) is 5.57. The van der Waals surface area contributed by atoms with Crippen molar-refractivity contribution in [3.8, 4) is 17.2 Å². The fraction of sp³-hybridized carbons (Fsp3) is 0.281. The Morgan fingerprint density at radius 2 is 2.05 bits per heavy atom. The van der Waals surface area contributed by atoms with Crippen LogP contribution in [-0.2, 0) is 4.79 Å². The molecule has 1 N–H and O–H groups in total. The molecule has 0 unspecified atom stereocenters. The second-order valence-electron chi connectivity index (χ2n) is 11.3. The highest BCUT2D eigenvalue weighted by Gasteiger charge is 2.35. The van der Waals surface area contributed by atoms with Crippen molar-refractivity contribution in [2.45, 2.75) is 13.0 Å². The quantitative estimate of drug-likeness (QED) is 0.278. The Labute approximate surface area is 254 Å². The molecule has 44 heavy (non-hydrogen) atoms. The van der Waals surface area contributed by atoms with Crippen molar-refractivity contribution in [1.82, 2.24) is 34.1 Å². The van der Waals surface area contributed by atoms with E-state index in [1.165, 1.54) is 6.33 Å². The molecule has 2 bridgehead atoms. The smallest absolute Gasteiger partial charge is 0.246 e. The molecule has 1 saturated heterocycles. The molecule has 1 amide bonds. The number of hydrogen-bond acceptors (Lipinski definition) is 10. The van der Waals surface area contributed by atoms with Gasteiger partial charge in [-0.15, -0.1) is 0 Å². The third-order valence-electron chi connectivity index (χ3n) is 7.82. The zero-order chi connectivity index (χ0) is 30.2. The van der Waals surface area contributed by atoms with Crippen molar-refractivity contribution in [2.75, 3.05) is 57.1 Å². The molecule has 1 fully saturated rings. The van der Waals surface area contributed by atoms with Crippen molar-refractivity contribution in [3.63, 3.8) is 0 Å². The number of aromatic nitrogens is 5. The van der Waals surface area contributed by atoms with Crippen molar-refractivity contribution < 1.29 is 14.3 Å². The number of fused-ring (bicyclic) bond motifs is 6. The van der Waals surface area contributed by atoms with Gasteiger partial charge in [-0.3, -0.25) is 4.79 Å². The van der Waals surface area contributed by atoms with Gasteiger partial charge in [-0.1, -0.05) is 6.08 Å². The summed E-state index contributed by atoms with van der Waals surface area (Å²) in [5, 5.41) is 3.42. The summed E-state index contributed by atoms with van der Waals surface area (Å²) in [5.41, 5.74) is 3.94. The maximum absolute atomic E-state index is 12.9. The first-order chi connectivity index (χ1) is 21.4. The molecular weight excluding hydrogens is 558 g/mol. The van der Waals surface area contributed by atoms with Crippen LogP contribution in [0, 0.1) is 6.92 Å². The number of nitrogens with zero attached hydrogens (tertiary/aromatic N) is 8. The standard InChI is InChI=1S/C32H33N9O3/c1-21-15-22(6-7-26(21)44-24-8-11-39-12-9-33-28(39)16-24)36-31-30-25(34-20-35-31)17-27-32(37-30)40-13-14-41(23(18-40)19-43-27)29(42)5-4-10-38(2)3/h4-9,11-12,15-17,20,23H,10,13-14,18-19H2,1-3H3,(H,34,35,36)/b5-4+/t23-/m1/s1. The normalized spacial score (nSPS) is 16.3. The summed E-state index contributed by atoms with van der Waals surface area (Å²) >= 11 is 0. The molecule has 0 radical (unpaired) electrons. The highest BCUT2D eigenvalue weighted by Crippen LogP contribution is 2.36. The average molecular weight is 592 g/mol. The van der Waals surface area contributed by atoms with Crippen LogP contribution in [0.1, 0.15) is 5.56 Å². The Kier molecular flexibility index (Phi) is 7.18. The summed E-state index contributed by atoms with van der Waals surface area (Å²) < 4.78 is 14.3. The van der Waals surface area contributed by atoms with E-state index in [0.717, 1.165) is 34.2 Å². The Hall–Kier alpha value is -5.23. The van der Waals surface area contributed by atoms with Gasteiger partial charge in [0, 0.05) is 68.7 Å². The lowest BCUT2D eigenvalue weighted by Crippen LogP contribution is -2.56. The average Bonchev–Trinajstić information content (AvgIpc) is 3.44. The number of aryl methyl sites for hydroxylation is 1. The largest absolute Gasteiger partial charge is 0.487 e. The van der Waals surface area contributed by atoms with Gasteiger partial charge >= 0.3 is 0 Å². The van der Waals surface area contributed by atoms with E-state index >= 15 is 0 Å². The van der Waals surface area contributed by atoms with Crippen LogP contribution in [-0.4, -0.2) is 93.0 Å². The van der Waals surface area contributed by atoms with Gasteiger partial charge in [-0.2, -0.15) is 0 Å². The van der Waals surface area contributed by atoms with E-state index in [1.54, 1.807) is 12.3 Å². The van der Waals surface area contributed by atoms with E-state index in [9.17, 15) is 4.79 Å². The predicted molar refractivity (Wildman–Crippen MR) is 168 cm³/mol. The molecule has 12 heteroatoms. The summed E-state index contributed by atoms with van der Waals surface area (Å²) in [6.07, 6.45) is 10.7. The predicted octanol–water partition coefficient (Wildman–Crippen LogP) is 4.04. The second-order valence-corrected chi connectivity index (χ2v) is 11.3. The fourth-order valence-electron chi connectivity index (χ4n) is 5.57. The number of benzene rings is 1. The number of hydrogen-bond donors (Lipinski definition) is 1. The minimum atomic E-state index is -0.0772. The van der Waals surface area contributed by atoms with Crippen LogP contribution in [0.25, 0.3) is 16.7 Å². The minimum absolute atomic E-state index is 0.00679. The number of pyridine rings is 2. The van der Waals surface area contributed by atoms with Gasteiger partial charge < -0.3 is 33.9 Å². The summed E-state index contributed by atoms with van der Waals surface area (Å²) in [7, 11) is 3.95. The molecule has 5 aromatic rings. The lowest BCUT2D eigenvalue weighted by molar-refractivity contribution is -0.129. The van der Waals surface area contributed by atoms with Crippen molar-refractivity contribution in [2.24, 2.45) is 0 Å². The Balaban J connectivity index is 1.10. The number of imidazole rings is 1. The van der Waals surface area contributed by atoms with Gasteiger partial charge in [0.05, 0.1) is 11.6 Å². The minimum Gasteiger partial charge on any atom is -0.487 e. The van der Waals surface area contributed by atoms with E-state index in [1.807, 2.05) is 90.1 Å². The van der Waals surface area contributed by atoms with E-state index in [4.69, 9.17) is 14.5 Å². The molecule has 12 nitrogen and oxygen atoms in total.